The van der Waals surface area contributed by atoms with Gasteiger partial charge in [0, 0.05) is 31.2 Å². The molecule has 0 radical (unpaired) electrons. The van der Waals surface area contributed by atoms with Crippen LogP contribution in [0.15, 0.2) is 36.4 Å². The summed E-state index contributed by atoms with van der Waals surface area (Å²) in [6.45, 7) is 2.77. The normalized spacial score (nSPS) is 14.5. The van der Waals surface area contributed by atoms with Crippen molar-refractivity contribution < 1.29 is 9.84 Å². The zero-order chi connectivity index (χ0) is 13.7. The van der Waals surface area contributed by atoms with Crippen LogP contribution in [0.5, 0.6) is 0 Å². The first-order chi connectivity index (χ1) is 9.19. The van der Waals surface area contributed by atoms with Crippen LogP contribution in [-0.4, -0.2) is 29.9 Å². The summed E-state index contributed by atoms with van der Waals surface area (Å²) in [5.74, 6) is 0.362. The summed E-state index contributed by atoms with van der Waals surface area (Å²) in [6, 6.07) is 12.1. The average molecular weight is 259 g/mol. The van der Waals surface area contributed by atoms with Crippen molar-refractivity contribution >= 4 is 10.9 Å². The van der Waals surface area contributed by atoms with Gasteiger partial charge in [-0.05, 0) is 24.5 Å². The fourth-order valence-corrected chi connectivity index (χ4v) is 2.36. The predicted molar refractivity (Wildman–Crippen MR) is 77.1 cm³/mol. The number of ether oxygens (including phenoxy) is 1. The van der Waals surface area contributed by atoms with E-state index in [1.807, 2.05) is 30.3 Å². The number of benzene rings is 1. The number of pyridine rings is 1. The van der Waals surface area contributed by atoms with Crippen molar-refractivity contribution in [1.82, 2.24) is 4.98 Å². The average Bonchev–Trinajstić information content (AvgIpc) is 2.38. The van der Waals surface area contributed by atoms with E-state index in [0.29, 0.717) is 18.9 Å². The van der Waals surface area contributed by atoms with Gasteiger partial charge in [0.2, 0.25) is 0 Å². The van der Waals surface area contributed by atoms with E-state index in [1.165, 1.54) is 0 Å². The highest BCUT2D eigenvalue weighted by atomic mass is 16.5. The number of para-hydroxylation sites is 1. The Morgan fingerprint density at radius 3 is 2.79 bits per heavy atom. The Kier molecular flexibility index (Phi) is 4.88. The molecule has 1 aromatic heterocycles. The molecule has 2 unspecified atom stereocenters. The minimum atomic E-state index is -0.362. The minimum Gasteiger partial charge on any atom is -0.393 e. The summed E-state index contributed by atoms with van der Waals surface area (Å²) in [4.78, 5) is 4.58. The van der Waals surface area contributed by atoms with Crippen molar-refractivity contribution in [2.75, 3.05) is 13.7 Å². The summed E-state index contributed by atoms with van der Waals surface area (Å²) >= 11 is 0. The van der Waals surface area contributed by atoms with Crippen molar-refractivity contribution in [1.29, 1.82) is 0 Å². The molecular weight excluding hydrogens is 238 g/mol. The Labute approximate surface area is 114 Å². The Bertz CT molecular complexity index is 527. The molecule has 2 aromatic rings. The van der Waals surface area contributed by atoms with Crippen molar-refractivity contribution in [3.8, 4) is 0 Å². The second-order valence-electron chi connectivity index (χ2n) is 5.15. The van der Waals surface area contributed by atoms with Crippen molar-refractivity contribution in [3.63, 3.8) is 0 Å². The van der Waals surface area contributed by atoms with Gasteiger partial charge < -0.3 is 9.84 Å². The van der Waals surface area contributed by atoms with Gasteiger partial charge in [-0.15, -0.1) is 0 Å². The highest BCUT2D eigenvalue weighted by Gasteiger charge is 2.12. The molecule has 2 atom stereocenters. The van der Waals surface area contributed by atoms with Crippen LogP contribution >= 0.6 is 0 Å². The monoisotopic (exact) mass is 259 g/mol. The van der Waals surface area contributed by atoms with E-state index in [9.17, 15) is 5.11 Å². The maximum atomic E-state index is 10.1. The lowest BCUT2D eigenvalue weighted by molar-refractivity contribution is 0.101. The van der Waals surface area contributed by atoms with Gasteiger partial charge in [-0.1, -0.05) is 31.2 Å². The molecule has 0 fully saturated rings. The van der Waals surface area contributed by atoms with E-state index in [4.69, 9.17) is 4.74 Å². The lowest BCUT2D eigenvalue weighted by Crippen LogP contribution is -2.18. The fourth-order valence-electron chi connectivity index (χ4n) is 2.36. The van der Waals surface area contributed by atoms with Gasteiger partial charge in [-0.25, -0.2) is 0 Å². The molecule has 0 spiro atoms. The third-order valence-corrected chi connectivity index (χ3v) is 3.23. The molecule has 1 N–H and O–H groups in total. The summed E-state index contributed by atoms with van der Waals surface area (Å²) in [7, 11) is 1.69. The lowest BCUT2D eigenvalue weighted by atomic mass is 10.0. The van der Waals surface area contributed by atoms with E-state index in [1.54, 1.807) is 7.11 Å². The molecule has 0 saturated heterocycles. The van der Waals surface area contributed by atoms with Crippen molar-refractivity contribution in [2.24, 2.45) is 5.92 Å². The molecule has 0 aliphatic heterocycles. The van der Waals surface area contributed by atoms with Crippen LogP contribution in [0.4, 0.5) is 0 Å². The highest BCUT2D eigenvalue weighted by Crippen LogP contribution is 2.15. The molecule has 1 aromatic carbocycles. The first-order valence-electron chi connectivity index (χ1n) is 6.70. The number of aromatic nitrogens is 1. The molecule has 0 bridgehead atoms. The van der Waals surface area contributed by atoms with Crippen LogP contribution in [0, 0.1) is 5.92 Å². The second kappa shape index (κ2) is 6.64. The third-order valence-electron chi connectivity index (χ3n) is 3.23. The number of rotatable bonds is 6. The van der Waals surface area contributed by atoms with E-state index in [-0.39, 0.29) is 6.10 Å². The molecule has 0 aliphatic carbocycles. The first kappa shape index (κ1) is 14.0. The molecule has 3 heteroatoms. The summed E-state index contributed by atoms with van der Waals surface area (Å²) in [5.41, 5.74) is 1.92. The topological polar surface area (TPSA) is 42.4 Å². The molecule has 0 saturated carbocycles. The van der Waals surface area contributed by atoms with Gasteiger partial charge in [0.15, 0.2) is 0 Å². The number of hydrogen-bond acceptors (Lipinski definition) is 3. The first-order valence-corrected chi connectivity index (χ1v) is 6.70. The van der Waals surface area contributed by atoms with Crippen LogP contribution in [-0.2, 0) is 11.2 Å². The SMILES string of the molecule is COCC(C)CC(O)Cc1ccc2ccccc2n1. The largest absolute Gasteiger partial charge is 0.393 e. The van der Waals surface area contributed by atoms with E-state index in [2.05, 4.69) is 18.0 Å². The van der Waals surface area contributed by atoms with Gasteiger partial charge in [0.1, 0.15) is 0 Å². The third kappa shape index (κ3) is 4.01. The highest BCUT2D eigenvalue weighted by molar-refractivity contribution is 5.78. The lowest BCUT2D eigenvalue weighted by Gasteiger charge is -2.15. The van der Waals surface area contributed by atoms with Crippen molar-refractivity contribution in [2.45, 2.75) is 25.9 Å². The molecule has 2 rings (SSSR count). The van der Waals surface area contributed by atoms with Crippen LogP contribution < -0.4 is 0 Å². The number of fused-ring (bicyclic) bond motifs is 1. The van der Waals surface area contributed by atoms with Crippen LogP contribution in [0.3, 0.4) is 0 Å². The van der Waals surface area contributed by atoms with E-state index < -0.39 is 0 Å². The van der Waals surface area contributed by atoms with E-state index >= 15 is 0 Å². The standard InChI is InChI=1S/C16H21NO2/c1-12(11-19-2)9-15(18)10-14-8-7-13-5-3-4-6-16(13)17-14/h3-8,12,15,18H,9-11H2,1-2H3. The Morgan fingerprint density at radius 1 is 1.21 bits per heavy atom. The predicted octanol–water partition coefficient (Wildman–Crippen LogP) is 2.81. The number of aliphatic hydroxyl groups excluding tert-OH is 1. The molecular formula is C16H21NO2. The molecule has 3 nitrogen and oxygen atoms in total. The smallest absolute Gasteiger partial charge is 0.0705 e. The number of nitrogens with zero attached hydrogens (tertiary/aromatic N) is 1. The Morgan fingerprint density at radius 2 is 2.00 bits per heavy atom. The van der Waals surface area contributed by atoms with Crippen LogP contribution in [0.2, 0.25) is 0 Å². The van der Waals surface area contributed by atoms with Gasteiger partial charge in [0.05, 0.1) is 11.6 Å². The van der Waals surface area contributed by atoms with Crippen LogP contribution in [0.25, 0.3) is 10.9 Å². The van der Waals surface area contributed by atoms with Gasteiger partial charge in [-0.3, -0.25) is 4.98 Å². The van der Waals surface area contributed by atoms with Crippen LogP contribution in [0.1, 0.15) is 19.0 Å². The summed E-state index contributed by atoms with van der Waals surface area (Å²) < 4.78 is 5.09. The quantitative estimate of drug-likeness (QED) is 0.867. The second-order valence-corrected chi connectivity index (χ2v) is 5.15. The Hall–Kier alpha value is -1.45. The summed E-state index contributed by atoms with van der Waals surface area (Å²) in [6.07, 6.45) is 0.972. The molecule has 1 heterocycles. The molecule has 102 valence electrons. The van der Waals surface area contributed by atoms with E-state index in [0.717, 1.165) is 23.0 Å². The molecule has 0 amide bonds. The van der Waals surface area contributed by atoms with Gasteiger partial charge in [-0.2, -0.15) is 0 Å². The minimum absolute atomic E-state index is 0.362. The maximum absolute atomic E-state index is 10.1. The number of methoxy groups -OCH3 is 1. The van der Waals surface area contributed by atoms with Gasteiger partial charge in [0.25, 0.3) is 0 Å². The zero-order valence-corrected chi connectivity index (χ0v) is 11.5. The van der Waals surface area contributed by atoms with Crippen molar-refractivity contribution in [3.05, 3.63) is 42.1 Å². The fraction of sp³-hybridized carbons (Fsp3) is 0.438. The number of hydrogen-bond donors (Lipinski definition) is 1. The number of aliphatic hydroxyl groups is 1. The zero-order valence-electron chi connectivity index (χ0n) is 11.5. The molecule has 19 heavy (non-hydrogen) atoms. The van der Waals surface area contributed by atoms with Gasteiger partial charge >= 0.3 is 0 Å². The molecule has 0 aliphatic rings. The Balaban J connectivity index is 2.00. The maximum Gasteiger partial charge on any atom is 0.0705 e. The summed E-state index contributed by atoms with van der Waals surface area (Å²) in [5, 5.41) is 11.2.